The molecule has 0 amide bonds. The monoisotopic (exact) mass is 499 g/mol. The van der Waals surface area contributed by atoms with Crippen LogP contribution in [0.5, 0.6) is 0 Å². The lowest BCUT2D eigenvalue weighted by molar-refractivity contribution is 0.586. The zero-order valence-electron chi connectivity index (χ0n) is 18.1. The Balaban J connectivity index is 2.23. The third-order valence-corrected chi connectivity index (χ3v) is 10.2. The minimum atomic E-state index is -1.09. The van der Waals surface area contributed by atoms with Crippen molar-refractivity contribution in [3.05, 3.63) is 40.2 Å². The van der Waals surface area contributed by atoms with E-state index in [1.165, 1.54) is 23.5 Å². The number of hydrogen-bond donors (Lipinski definition) is 2. The summed E-state index contributed by atoms with van der Waals surface area (Å²) in [6.07, 6.45) is 3.27. The Morgan fingerprint density at radius 2 is 1.97 bits per heavy atom. The van der Waals surface area contributed by atoms with E-state index >= 15 is 0 Å². The van der Waals surface area contributed by atoms with E-state index in [4.69, 9.17) is 16.6 Å². The standard InChI is InChI=1S/C20H24ClFN5OPS2/c1-20(2,3)18-26-16(17(30-18)13-7-8-24-19(23-4)25-13)12-9-11(22)10-14(15(12)21)27-29(5)31(6)28/h7-10,27H,1-6H3,(H,23,24,25). The van der Waals surface area contributed by atoms with Crippen LogP contribution in [0.4, 0.5) is 16.0 Å². The summed E-state index contributed by atoms with van der Waals surface area (Å²) in [7, 11) is -0.415. The van der Waals surface area contributed by atoms with Crippen molar-refractivity contribution < 1.29 is 8.60 Å². The Bertz CT molecular complexity index is 1140. The van der Waals surface area contributed by atoms with Gasteiger partial charge in [-0.15, -0.1) is 11.3 Å². The predicted octanol–water partition coefficient (Wildman–Crippen LogP) is 6.13. The van der Waals surface area contributed by atoms with E-state index in [2.05, 4.69) is 41.1 Å². The number of aromatic nitrogens is 3. The van der Waals surface area contributed by atoms with Crippen molar-refractivity contribution in [2.45, 2.75) is 26.2 Å². The van der Waals surface area contributed by atoms with Crippen molar-refractivity contribution in [3.63, 3.8) is 0 Å². The van der Waals surface area contributed by atoms with Gasteiger partial charge in [0.2, 0.25) is 5.95 Å². The van der Waals surface area contributed by atoms with Crippen molar-refractivity contribution in [2.24, 2.45) is 0 Å². The molecule has 2 aromatic heterocycles. The third-order valence-electron chi connectivity index (χ3n) is 4.34. The van der Waals surface area contributed by atoms with Gasteiger partial charge < -0.3 is 10.4 Å². The zero-order chi connectivity index (χ0) is 22.9. The first-order valence-corrected chi connectivity index (χ1v) is 14.5. The van der Waals surface area contributed by atoms with Crippen LogP contribution in [0.2, 0.25) is 5.02 Å². The van der Waals surface area contributed by atoms with Gasteiger partial charge in [0, 0.05) is 30.5 Å². The highest BCUT2D eigenvalue weighted by atomic mass is 35.5. The molecule has 0 bridgehead atoms. The molecule has 11 heteroatoms. The lowest BCUT2D eigenvalue weighted by Crippen LogP contribution is -2.10. The molecule has 1 aromatic carbocycles. The maximum Gasteiger partial charge on any atom is 0.222 e. The van der Waals surface area contributed by atoms with Gasteiger partial charge in [-0.3, -0.25) is 4.21 Å². The van der Waals surface area contributed by atoms with Gasteiger partial charge in [-0.05, 0) is 24.9 Å². The highest BCUT2D eigenvalue weighted by Crippen LogP contribution is 2.46. The van der Waals surface area contributed by atoms with E-state index in [1.54, 1.807) is 25.6 Å². The highest BCUT2D eigenvalue weighted by molar-refractivity contribution is 8.46. The van der Waals surface area contributed by atoms with Crippen molar-refractivity contribution in [3.8, 4) is 21.8 Å². The molecule has 0 fully saturated rings. The molecule has 166 valence electrons. The second-order valence-corrected chi connectivity index (χ2v) is 14.4. The summed E-state index contributed by atoms with van der Waals surface area (Å²) < 4.78 is 26.4. The second-order valence-electron chi connectivity index (χ2n) is 7.81. The molecular formula is C20H24ClFN5OPS2. The Labute approximate surface area is 194 Å². The minimum absolute atomic E-state index is 0.214. The topological polar surface area (TPSA) is 79.8 Å². The number of nitrogens with one attached hydrogen (secondary N) is 2. The molecular weight excluding hydrogens is 476 g/mol. The number of benzene rings is 1. The van der Waals surface area contributed by atoms with Crippen LogP contribution in [-0.4, -0.2) is 39.1 Å². The fourth-order valence-electron chi connectivity index (χ4n) is 2.68. The van der Waals surface area contributed by atoms with Crippen LogP contribution in [0.15, 0.2) is 24.4 Å². The largest absolute Gasteiger partial charge is 0.357 e. The molecule has 3 aromatic rings. The molecule has 2 heterocycles. The van der Waals surface area contributed by atoms with E-state index in [1.807, 2.05) is 6.66 Å². The molecule has 2 N–H and O–H groups in total. The molecule has 2 atom stereocenters. The van der Waals surface area contributed by atoms with Crippen molar-refractivity contribution in [2.75, 3.05) is 30.4 Å². The summed E-state index contributed by atoms with van der Waals surface area (Å²) in [5.41, 5.74) is 1.87. The molecule has 0 spiro atoms. The quantitative estimate of drug-likeness (QED) is 0.397. The Hall–Kier alpha value is -1.67. The summed E-state index contributed by atoms with van der Waals surface area (Å²) >= 11 is 8.20. The highest BCUT2D eigenvalue weighted by Gasteiger charge is 2.26. The summed E-state index contributed by atoms with van der Waals surface area (Å²) in [4.78, 5) is 14.3. The Morgan fingerprint density at radius 3 is 2.58 bits per heavy atom. The molecule has 6 nitrogen and oxygen atoms in total. The zero-order valence-corrected chi connectivity index (χ0v) is 21.4. The average molecular weight is 500 g/mol. The molecule has 31 heavy (non-hydrogen) atoms. The lowest BCUT2D eigenvalue weighted by atomic mass is 9.98. The van der Waals surface area contributed by atoms with Crippen LogP contribution in [0.1, 0.15) is 25.8 Å². The SMILES string of the molecule is CNc1nccc(-c2sc(C(C)(C)C)nc2-c2cc(F)cc(NP(C)S(C)=O)c2Cl)n1. The number of halogens is 2. The molecule has 0 radical (unpaired) electrons. The normalized spacial score (nSPS) is 13.7. The van der Waals surface area contributed by atoms with Crippen LogP contribution in [-0.2, 0) is 15.8 Å². The van der Waals surface area contributed by atoms with E-state index in [0.717, 1.165) is 9.88 Å². The van der Waals surface area contributed by atoms with Crippen molar-refractivity contribution in [1.82, 2.24) is 15.0 Å². The number of thiazole rings is 1. The van der Waals surface area contributed by atoms with E-state index in [-0.39, 0.29) is 5.41 Å². The summed E-state index contributed by atoms with van der Waals surface area (Å²) in [6, 6.07) is 4.49. The summed E-state index contributed by atoms with van der Waals surface area (Å²) in [5, 5.41) is 7.25. The number of anilines is 2. The van der Waals surface area contributed by atoms with Crippen LogP contribution < -0.4 is 10.4 Å². The Kier molecular flexibility index (Phi) is 7.31. The maximum absolute atomic E-state index is 14.6. The smallest absolute Gasteiger partial charge is 0.222 e. The first kappa shape index (κ1) is 24.0. The minimum Gasteiger partial charge on any atom is -0.357 e. The predicted molar refractivity (Wildman–Crippen MR) is 132 cm³/mol. The molecule has 0 aliphatic heterocycles. The molecule has 0 saturated heterocycles. The number of nitrogens with zero attached hydrogens (tertiary/aromatic N) is 3. The van der Waals surface area contributed by atoms with Gasteiger partial charge in [-0.2, -0.15) is 0 Å². The van der Waals surface area contributed by atoms with Gasteiger partial charge in [0.25, 0.3) is 0 Å². The molecule has 2 unspecified atom stereocenters. The Morgan fingerprint density at radius 1 is 1.26 bits per heavy atom. The number of rotatable bonds is 6. The first-order chi connectivity index (χ1) is 14.5. The van der Waals surface area contributed by atoms with Crippen LogP contribution in [0.3, 0.4) is 0 Å². The third kappa shape index (κ3) is 5.40. The van der Waals surface area contributed by atoms with E-state index in [0.29, 0.717) is 33.6 Å². The van der Waals surface area contributed by atoms with E-state index < -0.39 is 23.5 Å². The van der Waals surface area contributed by atoms with Gasteiger partial charge in [0.1, 0.15) is 5.82 Å². The molecule has 0 saturated carbocycles. The van der Waals surface area contributed by atoms with E-state index in [9.17, 15) is 8.60 Å². The second kappa shape index (κ2) is 9.45. The molecule has 3 rings (SSSR count). The van der Waals surface area contributed by atoms with Gasteiger partial charge in [0.05, 0.1) is 49.7 Å². The summed E-state index contributed by atoms with van der Waals surface area (Å²) in [5.74, 6) is 0.0194. The number of hydrogen-bond acceptors (Lipinski definition) is 7. The molecule has 0 aliphatic carbocycles. The average Bonchev–Trinajstić information content (AvgIpc) is 3.16. The maximum atomic E-state index is 14.6. The molecule has 0 aliphatic rings. The van der Waals surface area contributed by atoms with Crippen LogP contribution >= 0.6 is 30.2 Å². The van der Waals surface area contributed by atoms with Gasteiger partial charge in [-0.1, -0.05) is 32.4 Å². The van der Waals surface area contributed by atoms with Crippen LogP contribution in [0.25, 0.3) is 21.8 Å². The summed E-state index contributed by atoms with van der Waals surface area (Å²) in [6.45, 7) is 8.02. The fraction of sp³-hybridized carbons (Fsp3) is 0.350. The first-order valence-electron chi connectivity index (χ1n) is 9.37. The van der Waals surface area contributed by atoms with Crippen molar-refractivity contribution in [1.29, 1.82) is 0 Å². The van der Waals surface area contributed by atoms with Gasteiger partial charge in [0.15, 0.2) is 0 Å². The van der Waals surface area contributed by atoms with Crippen molar-refractivity contribution >= 4 is 52.3 Å². The van der Waals surface area contributed by atoms with Gasteiger partial charge >= 0.3 is 0 Å². The lowest BCUT2D eigenvalue weighted by Gasteiger charge is -2.16. The van der Waals surface area contributed by atoms with Crippen LogP contribution in [0, 0.1) is 5.82 Å². The fourth-order valence-corrected chi connectivity index (χ4v) is 5.42. The van der Waals surface area contributed by atoms with Gasteiger partial charge in [-0.25, -0.2) is 19.3 Å².